The van der Waals surface area contributed by atoms with Crippen LogP contribution in [-0.2, 0) is 24.3 Å². The zero-order chi connectivity index (χ0) is 14.0. The van der Waals surface area contributed by atoms with Gasteiger partial charge in [-0.15, -0.1) is 0 Å². The lowest BCUT2D eigenvalue weighted by Gasteiger charge is -2.16. The molecule has 0 atom stereocenters. The quantitative estimate of drug-likeness (QED) is 0.417. The summed E-state index contributed by atoms with van der Waals surface area (Å²) in [5.41, 5.74) is 0. The highest BCUT2D eigenvalue weighted by molar-refractivity contribution is 7.89. The second kappa shape index (κ2) is 9.26. The second-order valence-corrected chi connectivity index (χ2v) is 5.72. The van der Waals surface area contributed by atoms with Crippen LogP contribution in [-0.4, -0.2) is 69.6 Å². The second-order valence-electron chi connectivity index (χ2n) is 3.53. The van der Waals surface area contributed by atoms with Crippen molar-refractivity contribution in [3.05, 3.63) is 0 Å². The van der Waals surface area contributed by atoms with Crippen LogP contribution < -0.4 is 0 Å². The highest BCUT2D eigenvalue weighted by atomic mass is 32.2. The van der Waals surface area contributed by atoms with E-state index >= 15 is 0 Å². The molecule has 0 heterocycles. The summed E-state index contributed by atoms with van der Waals surface area (Å²) in [4.78, 5) is 11.1. The zero-order valence-electron chi connectivity index (χ0n) is 10.8. The zero-order valence-corrected chi connectivity index (χ0v) is 11.6. The van der Waals surface area contributed by atoms with Gasteiger partial charge in [-0.2, -0.15) is 0 Å². The Bertz CT molecular complexity index is 329. The Morgan fingerprint density at radius 3 is 2.56 bits per heavy atom. The topological polar surface area (TPSA) is 93.1 Å². The number of esters is 1. The Kier molecular flexibility index (Phi) is 8.90. The maximum atomic E-state index is 11.7. The first-order valence-electron chi connectivity index (χ1n) is 5.72. The van der Waals surface area contributed by atoms with E-state index in [4.69, 9.17) is 9.84 Å². The molecule has 0 aromatic heterocycles. The van der Waals surface area contributed by atoms with Crippen LogP contribution in [0.5, 0.6) is 0 Å². The third-order valence-corrected chi connectivity index (χ3v) is 3.98. The molecule has 0 aliphatic carbocycles. The monoisotopic (exact) mass is 283 g/mol. The number of ether oxygens (including phenoxy) is 2. The van der Waals surface area contributed by atoms with Gasteiger partial charge in [0.15, 0.2) is 0 Å². The van der Waals surface area contributed by atoms with Gasteiger partial charge in [-0.1, -0.05) is 0 Å². The van der Waals surface area contributed by atoms with Crippen molar-refractivity contribution in [2.45, 2.75) is 13.3 Å². The highest BCUT2D eigenvalue weighted by Crippen LogP contribution is 2.01. The first-order valence-corrected chi connectivity index (χ1v) is 7.33. The summed E-state index contributed by atoms with van der Waals surface area (Å²) in [5.74, 6) is -0.798. The van der Waals surface area contributed by atoms with E-state index in [1.807, 2.05) is 0 Å². The molecule has 0 aliphatic heterocycles. The molecule has 108 valence electrons. The summed E-state index contributed by atoms with van der Waals surface area (Å²) < 4.78 is 34.2. The molecule has 0 aromatic rings. The lowest BCUT2D eigenvalue weighted by molar-refractivity contribution is -0.142. The Morgan fingerprint density at radius 2 is 2.00 bits per heavy atom. The van der Waals surface area contributed by atoms with Gasteiger partial charge in [-0.3, -0.25) is 4.79 Å². The molecule has 8 heteroatoms. The number of hydrogen-bond acceptors (Lipinski definition) is 6. The summed E-state index contributed by atoms with van der Waals surface area (Å²) in [6.07, 6.45) is -0.155. The molecule has 0 fully saturated rings. The maximum absolute atomic E-state index is 11.7. The Morgan fingerprint density at radius 1 is 1.33 bits per heavy atom. The third kappa shape index (κ3) is 7.59. The number of rotatable bonds is 10. The molecule has 0 saturated carbocycles. The van der Waals surface area contributed by atoms with Crippen LogP contribution in [0, 0.1) is 0 Å². The van der Waals surface area contributed by atoms with Crippen molar-refractivity contribution in [3.63, 3.8) is 0 Å². The van der Waals surface area contributed by atoms with Gasteiger partial charge >= 0.3 is 5.97 Å². The van der Waals surface area contributed by atoms with Crippen molar-refractivity contribution in [2.24, 2.45) is 0 Å². The van der Waals surface area contributed by atoms with Crippen molar-refractivity contribution < 1.29 is 27.8 Å². The minimum Gasteiger partial charge on any atom is -0.466 e. The van der Waals surface area contributed by atoms with Crippen LogP contribution in [0.1, 0.15) is 13.3 Å². The summed E-state index contributed by atoms with van der Waals surface area (Å²) in [6, 6.07) is 0. The van der Waals surface area contributed by atoms with Crippen LogP contribution >= 0.6 is 0 Å². The predicted octanol–water partition coefficient (Wildman–Crippen LogP) is -0.790. The first-order chi connectivity index (χ1) is 8.44. The van der Waals surface area contributed by atoms with E-state index in [-0.39, 0.29) is 45.1 Å². The number of likely N-dealkylation sites (N-methyl/N-ethyl adjacent to an activating group) is 1. The number of carbonyl (C=O) groups is 1. The lowest BCUT2D eigenvalue weighted by Crippen LogP contribution is -2.33. The smallest absolute Gasteiger partial charge is 0.306 e. The molecule has 0 aromatic carbocycles. The third-order valence-electron chi connectivity index (χ3n) is 2.13. The van der Waals surface area contributed by atoms with Crippen LogP contribution in [0.3, 0.4) is 0 Å². The van der Waals surface area contributed by atoms with Crippen molar-refractivity contribution >= 4 is 16.0 Å². The largest absolute Gasteiger partial charge is 0.466 e. The summed E-state index contributed by atoms with van der Waals surface area (Å²) in [5, 5.41) is 8.48. The highest BCUT2D eigenvalue weighted by Gasteiger charge is 2.19. The van der Waals surface area contributed by atoms with Crippen LogP contribution in [0.15, 0.2) is 0 Å². The van der Waals surface area contributed by atoms with Gasteiger partial charge in [0.1, 0.15) is 0 Å². The molecule has 18 heavy (non-hydrogen) atoms. The average Bonchev–Trinajstić information content (AvgIpc) is 2.32. The van der Waals surface area contributed by atoms with Gasteiger partial charge in [0, 0.05) is 13.6 Å². The molecule has 1 N–H and O–H groups in total. The molecule has 0 saturated heterocycles. The standard InChI is InChI=1S/C10H21NO6S/c1-3-17-10(13)4-9-18(14,15)11(2)5-7-16-8-6-12/h12H,3-9H2,1-2H3. The minimum atomic E-state index is -3.47. The van der Waals surface area contributed by atoms with E-state index in [0.717, 1.165) is 4.31 Å². The molecule has 0 unspecified atom stereocenters. The van der Waals surface area contributed by atoms with Crippen molar-refractivity contribution in [2.75, 3.05) is 45.8 Å². The van der Waals surface area contributed by atoms with Crippen LogP contribution in [0.2, 0.25) is 0 Å². The maximum Gasteiger partial charge on any atom is 0.306 e. The fraction of sp³-hybridized carbons (Fsp3) is 0.900. The normalized spacial score (nSPS) is 11.8. The number of sulfonamides is 1. The number of aliphatic hydroxyl groups excluding tert-OH is 1. The number of nitrogens with zero attached hydrogens (tertiary/aromatic N) is 1. The van der Waals surface area contributed by atoms with E-state index in [1.54, 1.807) is 6.92 Å². The molecule has 0 aliphatic rings. The fourth-order valence-corrected chi connectivity index (χ4v) is 2.19. The lowest BCUT2D eigenvalue weighted by atomic mass is 10.5. The molecule has 0 bridgehead atoms. The molecular formula is C10H21NO6S. The summed E-state index contributed by atoms with van der Waals surface area (Å²) >= 11 is 0. The van der Waals surface area contributed by atoms with E-state index in [0.29, 0.717) is 0 Å². The van der Waals surface area contributed by atoms with Gasteiger partial charge in [0.25, 0.3) is 0 Å². The van der Waals surface area contributed by atoms with Gasteiger partial charge in [0.05, 0.1) is 38.6 Å². The minimum absolute atomic E-state index is 0.0979. The van der Waals surface area contributed by atoms with Gasteiger partial charge < -0.3 is 14.6 Å². The predicted molar refractivity (Wildman–Crippen MR) is 65.6 cm³/mol. The average molecular weight is 283 g/mol. The van der Waals surface area contributed by atoms with Gasteiger partial charge in [-0.05, 0) is 6.92 Å². The molecule has 0 amide bonds. The van der Waals surface area contributed by atoms with Crippen LogP contribution in [0.25, 0.3) is 0 Å². The molecular weight excluding hydrogens is 262 g/mol. The number of carbonyl (C=O) groups excluding carboxylic acids is 1. The molecule has 7 nitrogen and oxygen atoms in total. The Balaban J connectivity index is 3.99. The van der Waals surface area contributed by atoms with E-state index < -0.39 is 16.0 Å². The summed E-state index contributed by atoms with van der Waals surface area (Å²) in [7, 11) is -2.05. The van der Waals surface area contributed by atoms with Crippen molar-refractivity contribution in [1.29, 1.82) is 0 Å². The van der Waals surface area contributed by atoms with E-state index in [1.165, 1.54) is 7.05 Å². The van der Waals surface area contributed by atoms with E-state index in [9.17, 15) is 13.2 Å². The van der Waals surface area contributed by atoms with Crippen LogP contribution in [0.4, 0.5) is 0 Å². The Hall–Kier alpha value is -0.700. The van der Waals surface area contributed by atoms with Gasteiger partial charge in [-0.25, -0.2) is 12.7 Å². The fourth-order valence-electron chi connectivity index (χ4n) is 1.10. The molecule has 0 spiro atoms. The molecule has 0 rings (SSSR count). The molecule has 0 radical (unpaired) electrons. The van der Waals surface area contributed by atoms with E-state index in [2.05, 4.69) is 4.74 Å². The summed E-state index contributed by atoms with van der Waals surface area (Å²) in [6.45, 7) is 2.37. The SMILES string of the molecule is CCOC(=O)CCS(=O)(=O)N(C)CCOCCO. The number of hydrogen-bond donors (Lipinski definition) is 1. The first kappa shape index (κ1) is 17.3. The van der Waals surface area contributed by atoms with Gasteiger partial charge in [0.2, 0.25) is 10.0 Å². The number of aliphatic hydroxyl groups is 1. The van der Waals surface area contributed by atoms with Crippen molar-refractivity contribution in [3.8, 4) is 0 Å². The van der Waals surface area contributed by atoms with Crippen molar-refractivity contribution in [1.82, 2.24) is 4.31 Å². The Labute approximate surface area is 108 Å².